The zero-order valence-corrected chi connectivity index (χ0v) is 15.2. The summed E-state index contributed by atoms with van der Waals surface area (Å²) in [6.45, 7) is 1.95. The third-order valence-corrected chi connectivity index (χ3v) is 5.88. The summed E-state index contributed by atoms with van der Waals surface area (Å²) in [7, 11) is -0.875. The van der Waals surface area contributed by atoms with Gasteiger partial charge in [-0.1, -0.05) is 12.8 Å². The van der Waals surface area contributed by atoms with E-state index in [1.807, 2.05) is 0 Å². The van der Waals surface area contributed by atoms with E-state index in [1.165, 1.54) is 20.2 Å². The molecule has 1 saturated carbocycles. The Bertz CT molecular complexity index is 664. The number of carbonyl (C=O) groups excluding carboxylic acids is 1. The number of nitrogens with zero attached hydrogens (tertiary/aromatic N) is 1. The van der Waals surface area contributed by atoms with Crippen LogP contribution in [-0.2, 0) is 10.0 Å². The molecule has 1 aromatic rings. The first-order valence-corrected chi connectivity index (χ1v) is 8.71. The van der Waals surface area contributed by atoms with Crippen molar-refractivity contribution in [3.8, 4) is 0 Å². The van der Waals surface area contributed by atoms with Gasteiger partial charge in [0, 0.05) is 26.7 Å². The number of sulfonamides is 1. The molecule has 0 unspecified atom stereocenters. The van der Waals surface area contributed by atoms with Gasteiger partial charge in [0.05, 0.1) is 11.1 Å². The third kappa shape index (κ3) is 3.88. The van der Waals surface area contributed by atoms with Crippen LogP contribution in [0.15, 0.2) is 15.6 Å². The molecule has 9 heteroatoms. The lowest BCUT2D eigenvalue weighted by Crippen LogP contribution is -2.51. The second kappa shape index (κ2) is 7.21. The monoisotopic (exact) mass is 365 g/mol. The lowest BCUT2D eigenvalue weighted by molar-refractivity contribution is 0.0901. The standard InChI is InChI=1S/C14H23N3O4S.ClH/c1-10-11(8-12(21-10)22(19,20)17(2)3)13(18)16-14(9-15)6-4-5-7-14;/h8H,4-7,9,15H2,1-3H3,(H,16,18);1H. The predicted octanol–water partition coefficient (Wildman–Crippen LogP) is 1.26. The van der Waals surface area contributed by atoms with Gasteiger partial charge in [-0.05, 0) is 19.8 Å². The normalized spacial score (nSPS) is 17.1. The molecule has 0 atom stereocenters. The number of hydrogen-bond donors (Lipinski definition) is 2. The van der Waals surface area contributed by atoms with E-state index in [2.05, 4.69) is 5.32 Å². The highest BCUT2D eigenvalue weighted by atomic mass is 35.5. The molecule has 1 fully saturated rings. The van der Waals surface area contributed by atoms with Crippen LogP contribution in [0.1, 0.15) is 41.8 Å². The van der Waals surface area contributed by atoms with Gasteiger partial charge in [-0.2, -0.15) is 0 Å². The highest BCUT2D eigenvalue weighted by Crippen LogP contribution is 2.29. The molecule has 2 rings (SSSR count). The Kier molecular flexibility index (Phi) is 6.25. The van der Waals surface area contributed by atoms with Crippen LogP contribution < -0.4 is 11.1 Å². The summed E-state index contributed by atoms with van der Waals surface area (Å²) in [6, 6.07) is 1.28. The Morgan fingerprint density at radius 2 is 1.96 bits per heavy atom. The van der Waals surface area contributed by atoms with E-state index in [1.54, 1.807) is 6.92 Å². The van der Waals surface area contributed by atoms with Gasteiger partial charge in [0.2, 0.25) is 5.09 Å². The minimum Gasteiger partial charge on any atom is -0.448 e. The predicted molar refractivity (Wildman–Crippen MR) is 89.3 cm³/mol. The molecule has 0 bridgehead atoms. The van der Waals surface area contributed by atoms with E-state index < -0.39 is 10.0 Å². The van der Waals surface area contributed by atoms with Crippen LogP contribution in [0.3, 0.4) is 0 Å². The SMILES string of the molecule is Cc1oc(S(=O)(=O)N(C)C)cc1C(=O)NC1(CN)CCCC1.Cl. The van der Waals surface area contributed by atoms with E-state index in [0.29, 0.717) is 6.54 Å². The second-order valence-electron chi connectivity index (χ2n) is 5.97. The largest absolute Gasteiger partial charge is 0.448 e. The minimum atomic E-state index is -3.70. The average Bonchev–Trinajstić information content (AvgIpc) is 3.06. The van der Waals surface area contributed by atoms with Crippen LogP contribution >= 0.6 is 12.4 Å². The van der Waals surface area contributed by atoms with E-state index in [-0.39, 0.29) is 40.3 Å². The summed E-state index contributed by atoms with van der Waals surface area (Å²) in [5.41, 5.74) is 5.66. The maximum absolute atomic E-state index is 12.5. The van der Waals surface area contributed by atoms with Crippen molar-refractivity contribution in [1.82, 2.24) is 9.62 Å². The molecule has 3 N–H and O–H groups in total. The van der Waals surface area contributed by atoms with Gasteiger partial charge in [-0.15, -0.1) is 12.4 Å². The Labute approximate surface area is 143 Å². The minimum absolute atomic E-state index is 0. The lowest BCUT2D eigenvalue weighted by Gasteiger charge is -2.28. The van der Waals surface area contributed by atoms with Crippen LogP contribution in [-0.4, -0.2) is 44.8 Å². The van der Waals surface area contributed by atoms with Crippen LogP contribution in [0.4, 0.5) is 0 Å². The molecule has 7 nitrogen and oxygen atoms in total. The average molecular weight is 366 g/mol. The van der Waals surface area contributed by atoms with Gasteiger partial charge < -0.3 is 15.5 Å². The number of nitrogens with one attached hydrogen (secondary N) is 1. The number of carbonyl (C=O) groups is 1. The number of furan rings is 1. The first kappa shape index (κ1) is 20.0. The zero-order chi connectivity index (χ0) is 16.5. The van der Waals surface area contributed by atoms with Crippen LogP contribution in [0, 0.1) is 6.92 Å². The summed E-state index contributed by atoms with van der Waals surface area (Å²) in [5.74, 6) is -0.0584. The molecule has 132 valence electrons. The highest BCUT2D eigenvalue weighted by Gasteiger charge is 2.35. The van der Waals surface area contributed by atoms with Crippen molar-refractivity contribution >= 4 is 28.3 Å². The van der Waals surface area contributed by atoms with Gasteiger partial charge in [-0.25, -0.2) is 12.7 Å². The maximum Gasteiger partial charge on any atom is 0.275 e. The fourth-order valence-electron chi connectivity index (χ4n) is 2.73. The number of hydrogen-bond acceptors (Lipinski definition) is 5. The van der Waals surface area contributed by atoms with E-state index in [4.69, 9.17) is 10.2 Å². The van der Waals surface area contributed by atoms with Gasteiger partial charge in [0.1, 0.15) is 5.76 Å². The Hall–Kier alpha value is -1.09. The molecular weight excluding hydrogens is 342 g/mol. The summed E-state index contributed by atoms with van der Waals surface area (Å²) >= 11 is 0. The van der Waals surface area contributed by atoms with Crippen molar-refractivity contribution in [3.05, 3.63) is 17.4 Å². The quantitative estimate of drug-likeness (QED) is 0.817. The fraction of sp³-hybridized carbons (Fsp3) is 0.643. The first-order chi connectivity index (χ1) is 10.2. The molecule has 1 aromatic heterocycles. The molecule has 0 aromatic carbocycles. The van der Waals surface area contributed by atoms with Gasteiger partial charge >= 0.3 is 0 Å². The Morgan fingerprint density at radius 3 is 2.43 bits per heavy atom. The molecule has 0 saturated heterocycles. The number of halogens is 1. The molecule has 23 heavy (non-hydrogen) atoms. The fourth-order valence-corrected chi connectivity index (χ4v) is 3.58. The topological polar surface area (TPSA) is 106 Å². The van der Waals surface area contributed by atoms with Crippen molar-refractivity contribution in [2.45, 2.75) is 43.2 Å². The first-order valence-electron chi connectivity index (χ1n) is 7.27. The number of amides is 1. The summed E-state index contributed by atoms with van der Waals surface area (Å²) < 4.78 is 30.4. The van der Waals surface area contributed by atoms with Gasteiger partial charge in [-0.3, -0.25) is 4.79 Å². The lowest BCUT2D eigenvalue weighted by atomic mass is 9.97. The van der Waals surface area contributed by atoms with E-state index >= 15 is 0 Å². The molecule has 0 radical (unpaired) electrons. The Morgan fingerprint density at radius 1 is 1.39 bits per heavy atom. The summed E-state index contributed by atoms with van der Waals surface area (Å²) in [5, 5.41) is 2.73. The summed E-state index contributed by atoms with van der Waals surface area (Å²) in [4.78, 5) is 12.5. The van der Waals surface area contributed by atoms with Crippen molar-refractivity contribution in [1.29, 1.82) is 0 Å². The molecule has 0 aliphatic heterocycles. The van der Waals surface area contributed by atoms with Crippen molar-refractivity contribution < 1.29 is 17.6 Å². The molecule has 0 spiro atoms. The van der Waals surface area contributed by atoms with Crippen LogP contribution in [0.2, 0.25) is 0 Å². The van der Waals surface area contributed by atoms with Gasteiger partial charge in [0.25, 0.3) is 15.9 Å². The third-order valence-electron chi connectivity index (χ3n) is 4.20. The second-order valence-corrected chi connectivity index (χ2v) is 8.05. The smallest absolute Gasteiger partial charge is 0.275 e. The molecular formula is C14H24ClN3O4S. The van der Waals surface area contributed by atoms with Gasteiger partial charge in [0.15, 0.2) is 0 Å². The molecule has 1 heterocycles. The Balaban J connectivity index is 0.00000264. The summed E-state index contributed by atoms with van der Waals surface area (Å²) in [6.07, 6.45) is 3.74. The van der Waals surface area contributed by atoms with E-state index in [9.17, 15) is 13.2 Å². The molecule has 1 aliphatic rings. The highest BCUT2D eigenvalue weighted by molar-refractivity contribution is 7.88. The maximum atomic E-state index is 12.5. The van der Waals surface area contributed by atoms with Crippen LogP contribution in [0.5, 0.6) is 0 Å². The van der Waals surface area contributed by atoms with E-state index in [0.717, 1.165) is 30.0 Å². The number of aryl methyl sites for hydroxylation is 1. The van der Waals surface area contributed by atoms with Crippen molar-refractivity contribution in [2.75, 3.05) is 20.6 Å². The zero-order valence-electron chi connectivity index (χ0n) is 13.6. The molecule has 1 aliphatic carbocycles. The van der Waals surface area contributed by atoms with Crippen molar-refractivity contribution in [2.24, 2.45) is 5.73 Å². The number of nitrogens with two attached hydrogens (primary N) is 1. The van der Waals surface area contributed by atoms with Crippen LogP contribution in [0.25, 0.3) is 0 Å². The van der Waals surface area contributed by atoms with Crippen molar-refractivity contribution in [3.63, 3.8) is 0 Å². The number of rotatable bonds is 5. The molecule has 1 amide bonds.